The Kier molecular flexibility index (Phi) is 3.68. The van der Waals surface area contributed by atoms with Crippen LogP contribution in [0, 0.1) is 13.8 Å². The topological polar surface area (TPSA) is 74.8 Å². The molecule has 0 atom stereocenters. The van der Waals surface area contributed by atoms with Gasteiger partial charge >= 0.3 is 0 Å². The van der Waals surface area contributed by atoms with Crippen molar-refractivity contribution in [2.24, 2.45) is 0 Å². The number of rotatable bonds is 2. The molecule has 1 N–H and O–H groups in total. The Morgan fingerprint density at radius 1 is 1.14 bits per heavy atom. The summed E-state index contributed by atoms with van der Waals surface area (Å²) in [5.74, 6) is 1.37. The highest BCUT2D eigenvalue weighted by Crippen LogP contribution is 2.22. The van der Waals surface area contributed by atoms with Gasteiger partial charge in [0.25, 0.3) is 5.56 Å². The fourth-order valence-corrected chi connectivity index (χ4v) is 2.67. The maximum absolute atomic E-state index is 11.6. The van der Waals surface area contributed by atoms with Crippen LogP contribution in [0.2, 0.25) is 0 Å². The number of piperidine rings is 1. The van der Waals surface area contributed by atoms with E-state index >= 15 is 0 Å². The lowest BCUT2D eigenvalue weighted by molar-refractivity contribution is 0.568. The van der Waals surface area contributed by atoms with Gasteiger partial charge in [-0.15, -0.1) is 0 Å². The van der Waals surface area contributed by atoms with Gasteiger partial charge in [-0.2, -0.15) is 0 Å². The second kappa shape index (κ2) is 5.63. The van der Waals surface area contributed by atoms with Crippen molar-refractivity contribution >= 4 is 5.95 Å². The Balaban J connectivity index is 1.95. The van der Waals surface area contributed by atoms with E-state index in [4.69, 9.17) is 0 Å². The van der Waals surface area contributed by atoms with Gasteiger partial charge in [0, 0.05) is 30.9 Å². The van der Waals surface area contributed by atoms with Gasteiger partial charge in [-0.3, -0.25) is 4.79 Å². The molecular formula is C15H19N5O. The molecule has 0 aliphatic carbocycles. The highest BCUT2D eigenvalue weighted by molar-refractivity contribution is 5.61. The van der Waals surface area contributed by atoms with Crippen molar-refractivity contribution in [3.8, 4) is 11.3 Å². The molecule has 3 heterocycles. The van der Waals surface area contributed by atoms with Crippen molar-refractivity contribution in [2.75, 3.05) is 18.0 Å². The number of H-pyrrole nitrogens is 1. The van der Waals surface area contributed by atoms with Crippen molar-refractivity contribution in [1.29, 1.82) is 0 Å². The van der Waals surface area contributed by atoms with Crippen LogP contribution in [0.5, 0.6) is 0 Å². The Labute approximate surface area is 123 Å². The molecule has 110 valence electrons. The first kappa shape index (κ1) is 13.7. The van der Waals surface area contributed by atoms with Crippen LogP contribution in [0.15, 0.2) is 17.1 Å². The molecule has 0 aromatic carbocycles. The van der Waals surface area contributed by atoms with Crippen LogP contribution in [-0.2, 0) is 0 Å². The lowest BCUT2D eigenvalue weighted by Crippen LogP contribution is -2.31. The zero-order chi connectivity index (χ0) is 14.8. The van der Waals surface area contributed by atoms with Crippen molar-refractivity contribution in [2.45, 2.75) is 33.1 Å². The van der Waals surface area contributed by atoms with Gasteiger partial charge in [0.15, 0.2) is 0 Å². The second-order valence-corrected chi connectivity index (χ2v) is 5.43. The van der Waals surface area contributed by atoms with Crippen LogP contribution in [0.3, 0.4) is 0 Å². The number of aromatic amines is 1. The molecule has 0 radical (unpaired) electrons. The standard InChI is InChI=1S/C15H19N5O/c1-10-12(13-8-14(21)19-11(2)18-13)9-16-15(17-10)20-6-4-3-5-7-20/h8-9H,3-7H2,1-2H3,(H,18,19,21). The summed E-state index contributed by atoms with van der Waals surface area (Å²) in [7, 11) is 0. The molecule has 6 nitrogen and oxygen atoms in total. The van der Waals surface area contributed by atoms with E-state index in [1.165, 1.54) is 25.3 Å². The van der Waals surface area contributed by atoms with Crippen LogP contribution in [0.4, 0.5) is 5.95 Å². The quantitative estimate of drug-likeness (QED) is 0.911. The van der Waals surface area contributed by atoms with Gasteiger partial charge in [0.1, 0.15) is 5.82 Å². The number of aromatic nitrogens is 4. The fourth-order valence-electron chi connectivity index (χ4n) is 2.67. The molecule has 6 heteroatoms. The van der Waals surface area contributed by atoms with E-state index in [0.29, 0.717) is 11.5 Å². The van der Waals surface area contributed by atoms with Gasteiger partial charge in [0.05, 0.1) is 11.4 Å². The minimum atomic E-state index is -0.156. The van der Waals surface area contributed by atoms with Crippen LogP contribution in [-0.4, -0.2) is 33.0 Å². The number of aryl methyl sites for hydroxylation is 2. The minimum absolute atomic E-state index is 0.156. The first-order chi connectivity index (χ1) is 10.1. The monoisotopic (exact) mass is 285 g/mol. The third kappa shape index (κ3) is 2.94. The summed E-state index contributed by atoms with van der Waals surface area (Å²) in [6.45, 7) is 5.73. The lowest BCUT2D eigenvalue weighted by atomic mass is 10.1. The molecule has 0 bridgehead atoms. The van der Waals surface area contributed by atoms with Crippen molar-refractivity contribution in [1.82, 2.24) is 19.9 Å². The molecule has 1 fully saturated rings. The van der Waals surface area contributed by atoms with E-state index in [-0.39, 0.29) is 5.56 Å². The normalized spacial score (nSPS) is 15.2. The summed E-state index contributed by atoms with van der Waals surface area (Å²) in [4.78, 5) is 29.8. The van der Waals surface area contributed by atoms with Crippen LogP contribution in [0.25, 0.3) is 11.3 Å². The van der Waals surface area contributed by atoms with Gasteiger partial charge in [-0.25, -0.2) is 15.0 Å². The highest BCUT2D eigenvalue weighted by Gasteiger charge is 2.15. The van der Waals surface area contributed by atoms with Crippen LogP contribution >= 0.6 is 0 Å². The van der Waals surface area contributed by atoms with Gasteiger partial charge in [0.2, 0.25) is 5.95 Å². The molecule has 1 saturated heterocycles. The predicted molar refractivity (Wildman–Crippen MR) is 81.4 cm³/mol. The SMILES string of the molecule is Cc1nc(-c2cnc(N3CCCCC3)nc2C)cc(=O)[nH]1. The number of anilines is 1. The summed E-state index contributed by atoms with van der Waals surface area (Å²) in [6.07, 6.45) is 5.44. The van der Waals surface area contributed by atoms with Gasteiger partial charge in [-0.05, 0) is 33.1 Å². The van der Waals surface area contributed by atoms with Crippen molar-refractivity contribution < 1.29 is 0 Å². The predicted octanol–water partition coefficient (Wildman–Crippen LogP) is 1.83. The van der Waals surface area contributed by atoms with E-state index in [2.05, 4.69) is 24.8 Å². The smallest absolute Gasteiger partial charge is 0.251 e. The van der Waals surface area contributed by atoms with Crippen molar-refractivity contribution in [3.63, 3.8) is 0 Å². The Morgan fingerprint density at radius 3 is 2.57 bits per heavy atom. The first-order valence-electron chi connectivity index (χ1n) is 7.30. The Bertz CT molecular complexity index is 703. The number of hydrogen-bond donors (Lipinski definition) is 1. The Morgan fingerprint density at radius 2 is 1.90 bits per heavy atom. The van der Waals surface area contributed by atoms with Gasteiger partial charge in [-0.1, -0.05) is 0 Å². The molecule has 0 spiro atoms. The average Bonchev–Trinajstić information content (AvgIpc) is 2.47. The molecule has 21 heavy (non-hydrogen) atoms. The number of nitrogens with zero attached hydrogens (tertiary/aromatic N) is 4. The molecule has 0 unspecified atom stereocenters. The molecule has 2 aromatic heterocycles. The summed E-state index contributed by atoms with van der Waals surface area (Å²) < 4.78 is 0. The molecular weight excluding hydrogens is 266 g/mol. The highest BCUT2D eigenvalue weighted by atomic mass is 16.1. The maximum atomic E-state index is 11.6. The zero-order valence-electron chi connectivity index (χ0n) is 12.4. The van der Waals surface area contributed by atoms with Gasteiger partial charge < -0.3 is 9.88 Å². The largest absolute Gasteiger partial charge is 0.341 e. The van der Waals surface area contributed by atoms with Crippen LogP contribution in [0.1, 0.15) is 30.8 Å². The van der Waals surface area contributed by atoms with Crippen molar-refractivity contribution in [3.05, 3.63) is 34.1 Å². The second-order valence-electron chi connectivity index (χ2n) is 5.43. The molecule has 3 rings (SSSR count). The number of hydrogen-bond acceptors (Lipinski definition) is 5. The molecule has 1 aliphatic rings. The maximum Gasteiger partial charge on any atom is 0.251 e. The lowest BCUT2D eigenvalue weighted by Gasteiger charge is -2.26. The molecule has 2 aromatic rings. The van der Waals surface area contributed by atoms with E-state index in [0.717, 1.165) is 30.3 Å². The average molecular weight is 285 g/mol. The molecule has 1 aliphatic heterocycles. The molecule has 0 amide bonds. The van der Waals surface area contributed by atoms with Crippen LogP contribution < -0.4 is 10.5 Å². The number of nitrogens with one attached hydrogen (secondary N) is 1. The minimum Gasteiger partial charge on any atom is -0.341 e. The fraction of sp³-hybridized carbons (Fsp3) is 0.467. The Hall–Kier alpha value is -2.24. The molecule has 0 saturated carbocycles. The summed E-state index contributed by atoms with van der Waals surface area (Å²) in [5, 5.41) is 0. The zero-order valence-corrected chi connectivity index (χ0v) is 12.4. The third-order valence-corrected chi connectivity index (χ3v) is 3.74. The summed E-state index contributed by atoms with van der Waals surface area (Å²) >= 11 is 0. The summed E-state index contributed by atoms with van der Waals surface area (Å²) in [6, 6.07) is 1.49. The van der Waals surface area contributed by atoms with E-state index in [1.807, 2.05) is 6.92 Å². The van der Waals surface area contributed by atoms with E-state index < -0.39 is 0 Å². The summed E-state index contributed by atoms with van der Waals surface area (Å²) in [5.41, 5.74) is 2.13. The third-order valence-electron chi connectivity index (χ3n) is 3.74. The first-order valence-corrected chi connectivity index (χ1v) is 7.30. The van der Waals surface area contributed by atoms with E-state index in [1.54, 1.807) is 13.1 Å². The van der Waals surface area contributed by atoms with E-state index in [9.17, 15) is 4.79 Å².